The molecule has 13 heavy (non-hydrogen) atoms. The monoisotopic (exact) mass is 195 g/mol. The second kappa shape index (κ2) is 3.69. The van der Waals surface area contributed by atoms with E-state index in [9.17, 15) is 13.2 Å². The van der Waals surface area contributed by atoms with Crippen molar-refractivity contribution >= 4 is 0 Å². The highest BCUT2D eigenvalue weighted by Gasteiger charge is 2.30. The van der Waals surface area contributed by atoms with Gasteiger partial charge in [0.25, 0.3) is 0 Å². The van der Waals surface area contributed by atoms with Crippen molar-refractivity contribution in [1.29, 1.82) is 0 Å². The predicted molar refractivity (Wildman–Crippen MR) is 36.6 cm³/mol. The minimum atomic E-state index is -4.29. The lowest BCUT2D eigenvalue weighted by atomic mass is 10.4. The van der Waals surface area contributed by atoms with E-state index < -0.39 is 12.6 Å². The predicted octanol–water partition coefficient (Wildman–Crippen LogP) is -0.263. The third-order valence-electron chi connectivity index (χ3n) is 1.31. The Labute approximate surface area is 71.7 Å². The van der Waals surface area contributed by atoms with Gasteiger partial charge in [0.2, 0.25) is 0 Å². The van der Waals surface area contributed by atoms with Crippen LogP contribution in [0.3, 0.4) is 0 Å². The molecule has 0 bridgehead atoms. The highest BCUT2D eigenvalue weighted by atomic mass is 19.4. The Morgan fingerprint density at radius 2 is 2.08 bits per heavy atom. The summed E-state index contributed by atoms with van der Waals surface area (Å²) in [5.74, 6) is -0.210. The van der Waals surface area contributed by atoms with Gasteiger partial charge in [0.05, 0.1) is 6.54 Å². The molecule has 0 unspecified atom stereocenters. The maximum Gasteiger partial charge on any atom is 0.396 e. The van der Waals surface area contributed by atoms with Crippen molar-refractivity contribution in [2.75, 3.05) is 6.54 Å². The molecule has 0 saturated carbocycles. The van der Waals surface area contributed by atoms with E-state index in [0.29, 0.717) is 0 Å². The quantitative estimate of drug-likeness (QED) is 0.721. The van der Waals surface area contributed by atoms with Crippen molar-refractivity contribution in [3.05, 3.63) is 5.82 Å². The fourth-order valence-corrected chi connectivity index (χ4v) is 0.825. The Morgan fingerprint density at radius 1 is 1.38 bits per heavy atom. The van der Waals surface area contributed by atoms with Crippen LogP contribution in [0.5, 0.6) is 0 Å². The number of hydrogen-bond donors (Lipinski definition) is 1. The lowest BCUT2D eigenvalue weighted by molar-refractivity contribution is -0.129. The highest BCUT2D eigenvalue weighted by molar-refractivity contribution is 4.84. The van der Waals surface area contributed by atoms with Gasteiger partial charge >= 0.3 is 6.18 Å². The highest BCUT2D eigenvalue weighted by Crippen LogP contribution is 2.19. The molecule has 0 radical (unpaired) electrons. The molecule has 1 rings (SSSR count). The molecule has 0 aliphatic carbocycles. The van der Waals surface area contributed by atoms with Gasteiger partial charge < -0.3 is 5.73 Å². The van der Waals surface area contributed by atoms with E-state index in [1.54, 1.807) is 0 Å². The van der Waals surface area contributed by atoms with Crippen LogP contribution in [0.4, 0.5) is 13.2 Å². The lowest BCUT2D eigenvalue weighted by Gasteiger charge is -2.05. The van der Waals surface area contributed by atoms with Gasteiger partial charge in [0.15, 0.2) is 5.82 Å². The first-order valence-corrected chi connectivity index (χ1v) is 3.55. The second-order valence-electron chi connectivity index (χ2n) is 2.40. The van der Waals surface area contributed by atoms with Crippen LogP contribution < -0.4 is 5.73 Å². The van der Waals surface area contributed by atoms with Crippen LogP contribution in [0.1, 0.15) is 5.82 Å². The van der Waals surface area contributed by atoms with Gasteiger partial charge in [-0.05, 0) is 10.4 Å². The van der Waals surface area contributed by atoms with Crippen molar-refractivity contribution in [1.82, 2.24) is 20.2 Å². The molecule has 1 aromatic heterocycles. The van der Waals surface area contributed by atoms with E-state index in [1.807, 2.05) is 0 Å². The van der Waals surface area contributed by atoms with Crippen LogP contribution in [0.2, 0.25) is 0 Å². The van der Waals surface area contributed by atoms with Gasteiger partial charge in [0, 0.05) is 6.54 Å². The van der Waals surface area contributed by atoms with Gasteiger partial charge in [-0.15, -0.1) is 5.10 Å². The van der Waals surface area contributed by atoms with E-state index in [-0.39, 0.29) is 18.9 Å². The van der Waals surface area contributed by atoms with Crippen LogP contribution in [-0.2, 0) is 13.0 Å². The summed E-state index contributed by atoms with van der Waals surface area (Å²) in [7, 11) is 0. The first-order chi connectivity index (χ1) is 6.03. The third-order valence-corrected chi connectivity index (χ3v) is 1.31. The average Bonchev–Trinajstić information content (AvgIpc) is 2.34. The van der Waals surface area contributed by atoms with Crippen molar-refractivity contribution in [3.8, 4) is 0 Å². The summed E-state index contributed by atoms with van der Waals surface area (Å²) >= 11 is 0. The molecular weight excluding hydrogens is 187 g/mol. The summed E-state index contributed by atoms with van der Waals surface area (Å²) in [6.07, 6.45) is -5.42. The zero-order chi connectivity index (χ0) is 9.90. The molecule has 0 saturated heterocycles. The zero-order valence-corrected chi connectivity index (χ0v) is 6.62. The molecule has 0 amide bonds. The molecule has 0 fully saturated rings. The topological polar surface area (TPSA) is 69.6 Å². The van der Waals surface area contributed by atoms with E-state index >= 15 is 0 Å². The Morgan fingerprint density at radius 3 is 2.62 bits per heavy atom. The normalized spacial score (nSPS) is 12.0. The van der Waals surface area contributed by atoms with E-state index in [1.165, 1.54) is 0 Å². The van der Waals surface area contributed by atoms with Crippen molar-refractivity contribution < 1.29 is 13.2 Å². The fourth-order valence-electron chi connectivity index (χ4n) is 0.825. The van der Waals surface area contributed by atoms with Crippen molar-refractivity contribution in [2.24, 2.45) is 5.73 Å². The standard InChI is InChI=1S/C5H8F3N5/c6-5(7,8)3-4-10-11-12-13(4)2-1-9/h1-3,9H2. The maximum absolute atomic E-state index is 11.9. The minimum Gasteiger partial charge on any atom is -0.329 e. The van der Waals surface area contributed by atoms with Gasteiger partial charge in [-0.2, -0.15) is 13.2 Å². The van der Waals surface area contributed by atoms with Crippen LogP contribution in [0, 0.1) is 0 Å². The molecule has 5 nitrogen and oxygen atoms in total. The summed E-state index contributed by atoms with van der Waals surface area (Å²) in [4.78, 5) is 0. The SMILES string of the molecule is NCCn1nnnc1CC(F)(F)F. The minimum absolute atomic E-state index is 0.193. The molecule has 8 heteroatoms. The summed E-state index contributed by atoms with van der Waals surface area (Å²) in [5.41, 5.74) is 5.15. The number of nitrogens with zero attached hydrogens (tertiary/aromatic N) is 4. The number of halogens is 3. The summed E-state index contributed by atoms with van der Waals surface area (Å²) < 4.78 is 36.7. The Kier molecular flexibility index (Phi) is 2.81. The number of nitrogens with two attached hydrogens (primary N) is 1. The average molecular weight is 195 g/mol. The first-order valence-electron chi connectivity index (χ1n) is 3.55. The van der Waals surface area contributed by atoms with E-state index in [0.717, 1.165) is 4.68 Å². The molecule has 0 spiro atoms. The molecule has 0 aliphatic heterocycles. The summed E-state index contributed by atoms with van der Waals surface area (Å²) in [5, 5.41) is 9.74. The molecule has 0 aliphatic rings. The first kappa shape index (κ1) is 9.90. The number of rotatable bonds is 3. The number of tetrazole rings is 1. The number of aromatic nitrogens is 4. The third kappa shape index (κ3) is 2.98. The fraction of sp³-hybridized carbons (Fsp3) is 0.800. The number of alkyl halides is 3. The molecule has 1 heterocycles. The van der Waals surface area contributed by atoms with Gasteiger partial charge in [-0.1, -0.05) is 0 Å². The maximum atomic E-state index is 11.9. The second-order valence-corrected chi connectivity index (χ2v) is 2.40. The van der Waals surface area contributed by atoms with Crippen LogP contribution >= 0.6 is 0 Å². The molecule has 0 atom stereocenters. The molecular formula is C5H8F3N5. The van der Waals surface area contributed by atoms with E-state index in [4.69, 9.17) is 5.73 Å². The Bertz CT molecular complexity index is 267. The molecule has 74 valence electrons. The van der Waals surface area contributed by atoms with Crippen molar-refractivity contribution in [3.63, 3.8) is 0 Å². The largest absolute Gasteiger partial charge is 0.396 e. The molecule has 0 aromatic carbocycles. The molecule has 2 N–H and O–H groups in total. The van der Waals surface area contributed by atoms with Gasteiger partial charge in [-0.25, -0.2) is 4.68 Å². The smallest absolute Gasteiger partial charge is 0.329 e. The van der Waals surface area contributed by atoms with E-state index in [2.05, 4.69) is 15.5 Å². The lowest BCUT2D eigenvalue weighted by Crippen LogP contribution is -2.19. The number of hydrogen-bond acceptors (Lipinski definition) is 4. The molecule has 1 aromatic rings. The Balaban J connectivity index is 2.70. The Hall–Kier alpha value is -1.18. The summed E-state index contributed by atoms with van der Waals surface area (Å²) in [6, 6.07) is 0. The van der Waals surface area contributed by atoms with Crippen LogP contribution in [-0.4, -0.2) is 32.9 Å². The van der Waals surface area contributed by atoms with Crippen molar-refractivity contribution in [2.45, 2.75) is 19.1 Å². The van der Waals surface area contributed by atoms with Crippen LogP contribution in [0.25, 0.3) is 0 Å². The summed E-state index contributed by atoms with van der Waals surface area (Å²) in [6.45, 7) is 0.397. The zero-order valence-electron chi connectivity index (χ0n) is 6.62. The van der Waals surface area contributed by atoms with Gasteiger partial charge in [-0.3, -0.25) is 0 Å². The van der Waals surface area contributed by atoms with Crippen LogP contribution in [0.15, 0.2) is 0 Å². The van der Waals surface area contributed by atoms with Gasteiger partial charge in [0.1, 0.15) is 6.42 Å².